The molecule has 0 aliphatic carbocycles. The summed E-state index contributed by atoms with van der Waals surface area (Å²) >= 11 is 0. The average molecular weight is 211 g/mol. The van der Waals surface area contributed by atoms with Crippen molar-refractivity contribution in [2.45, 2.75) is 20.0 Å². The molecule has 0 aromatic heterocycles. The average Bonchev–Trinajstić information content (AvgIpc) is 2.12. The molecule has 82 valence electrons. The smallest absolute Gasteiger partial charge is 0.251 e. The van der Waals surface area contributed by atoms with Crippen molar-refractivity contribution >= 4 is 5.91 Å². The molecular weight excluding hydrogens is 197 g/mol. The molecule has 1 amide bonds. The first kappa shape index (κ1) is 11.7. The zero-order valence-electron chi connectivity index (χ0n) is 8.75. The van der Waals surface area contributed by atoms with Crippen molar-refractivity contribution in [2.24, 2.45) is 0 Å². The van der Waals surface area contributed by atoms with Crippen molar-refractivity contribution in [1.29, 1.82) is 0 Å². The highest BCUT2D eigenvalue weighted by Gasteiger charge is 2.08. The monoisotopic (exact) mass is 211 g/mol. The fraction of sp³-hybridized carbons (Fsp3) is 0.364. The first-order valence-electron chi connectivity index (χ1n) is 4.72. The van der Waals surface area contributed by atoms with Crippen molar-refractivity contribution < 1.29 is 14.3 Å². The van der Waals surface area contributed by atoms with Crippen LogP contribution in [0.3, 0.4) is 0 Å². The molecule has 0 aliphatic rings. The van der Waals surface area contributed by atoms with E-state index < -0.39 is 11.9 Å². The molecule has 0 heterocycles. The molecule has 0 bridgehead atoms. The fourth-order valence-electron chi connectivity index (χ4n) is 1.21. The summed E-state index contributed by atoms with van der Waals surface area (Å²) < 4.78 is 13.0. The summed E-state index contributed by atoms with van der Waals surface area (Å²) in [4.78, 5) is 11.5. The Bertz CT molecular complexity index is 343. The maximum Gasteiger partial charge on any atom is 0.251 e. The number of carbonyl (C=O) groups excluding carboxylic acids is 1. The second-order valence-electron chi connectivity index (χ2n) is 3.58. The van der Waals surface area contributed by atoms with Crippen LogP contribution in [0, 0.1) is 12.7 Å². The van der Waals surface area contributed by atoms with Gasteiger partial charge in [0.1, 0.15) is 5.82 Å². The number of nitrogens with one attached hydrogen (secondary N) is 1. The molecule has 1 aromatic carbocycles. The number of rotatable bonds is 3. The molecule has 0 saturated carbocycles. The summed E-state index contributed by atoms with van der Waals surface area (Å²) in [6.45, 7) is 3.44. The number of hydrogen-bond acceptors (Lipinski definition) is 2. The van der Waals surface area contributed by atoms with Gasteiger partial charge in [0.05, 0.1) is 6.10 Å². The summed E-state index contributed by atoms with van der Waals surface area (Å²) in [5, 5.41) is 11.5. The number of halogens is 1. The zero-order chi connectivity index (χ0) is 11.4. The van der Waals surface area contributed by atoms with Crippen LogP contribution in [0.5, 0.6) is 0 Å². The lowest BCUT2D eigenvalue weighted by Crippen LogP contribution is -2.30. The minimum absolute atomic E-state index is 0.161. The number of aryl methyl sites for hydroxylation is 1. The van der Waals surface area contributed by atoms with E-state index in [1.807, 2.05) is 0 Å². The van der Waals surface area contributed by atoms with E-state index in [0.29, 0.717) is 5.56 Å². The van der Waals surface area contributed by atoms with Crippen LogP contribution in [-0.2, 0) is 0 Å². The van der Waals surface area contributed by atoms with E-state index in [2.05, 4.69) is 5.32 Å². The second-order valence-corrected chi connectivity index (χ2v) is 3.58. The normalized spacial score (nSPS) is 12.3. The maximum absolute atomic E-state index is 13.0. The van der Waals surface area contributed by atoms with E-state index in [0.717, 1.165) is 0 Å². The number of aliphatic hydroxyl groups excluding tert-OH is 1. The van der Waals surface area contributed by atoms with Crippen molar-refractivity contribution in [3.05, 3.63) is 35.1 Å². The molecule has 1 unspecified atom stereocenters. The Labute approximate surface area is 87.9 Å². The lowest BCUT2D eigenvalue weighted by molar-refractivity contribution is 0.0923. The summed E-state index contributed by atoms with van der Waals surface area (Å²) in [7, 11) is 0. The number of amides is 1. The van der Waals surface area contributed by atoms with E-state index in [4.69, 9.17) is 5.11 Å². The van der Waals surface area contributed by atoms with Crippen LogP contribution in [0.25, 0.3) is 0 Å². The van der Waals surface area contributed by atoms with Gasteiger partial charge < -0.3 is 10.4 Å². The lowest BCUT2D eigenvalue weighted by Gasteiger charge is -2.07. The Morgan fingerprint density at radius 3 is 2.73 bits per heavy atom. The van der Waals surface area contributed by atoms with Gasteiger partial charge in [-0.1, -0.05) is 0 Å². The minimum Gasteiger partial charge on any atom is -0.392 e. The molecule has 15 heavy (non-hydrogen) atoms. The van der Waals surface area contributed by atoms with Crippen LogP contribution in [0.1, 0.15) is 22.8 Å². The predicted octanol–water partition coefficient (Wildman–Crippen LogP) is 1.24. The molecule has 0 saturated heterocycles. The standard InChI is InChI=1S/C11H14FNO2/c1-7-3-9(5-10(12)4-7)11(15)13-6-8(2)14/h3-5,8,14H,6H2,1-2H3,(H,13,15). The van der Waals surface area contributed by atoms with Crippen molar-refractivity contribution in [1.82, 2.24) is 5.32 Å². The third-order valence-corrected chi connectivity index (χ3v) is 1.86. The summed E-state index contributed by atoms with van der Waals surface area (Å²) in [5.41, 5.74) is 0.963. The molecular formula is C11H14FNO2. The first-order chi connectivity index (χ1) is 6.99. The summed E-state index contributed by atoms with van der Waals surface area (Å²) in [5.74, 6) is -0.810. The molecule has 0 radical (unpaired) electrons. The van der Waals surface area contributed by atoms with Crippen LogP contribution >= 0.6 is 0 Å². The molecule has 0 aliphatic heterocycles. The Balaban J connectivity index is 2.73. The Morgan fingerprint density at radius 2 is 2.20 bits per heavy atom. The lowest BCUT2D eigenvalue weighted by atomic mass is 10.1. The number of benzene rings is 1. The highest BCUT2D eigenvalue weighted by molar-refractivity contribution is 5.94. The van der Waals surface area contributed by atoms with Gasteiger partial charge in [-0.3, -0.25) is 4.79 Å². The molecule has 1 atom stereocenters. The van der Waals surface area contributed by atoms with Crippen molar-refractivity contribution in [3.8, 4) is 0 Å². The van der Waals surface area contributed by atoms with Gasteiger partial charge in [-0.15, -0.1) is 0 Å². The topological polar surface area (TPSA) is 49.3 Å². The van der Waals surface area contributed by atoms with Gasteiger partial charge in [-0.2, -0.15) is 0 Å². The first-order valence-corrected chi connectivity index (χ1v) is 4.72. The van der Waals surface area contributed by atoms with Crippen molar-refractivity contribution in [3.63, 3.8) is 0 Å². The number of carbonyl (C=O) groups is 1. The van der Waals surface area contributed by atoms with Gasteiger partial charge in [0.25, 0.3) is 5.91 Å². The Hall–Kier alpha value is -1.42. The van der Waals surface area contributed by atoms with E-state index >= 15 is 0 Å². The molecule has 1 rings (SSSR count). The van der Waals surface area contributed by atoms with Crippen LogP contribution in [0.15, 0.2) is 18.2 Å². The van der Waals surface area contributed by atoms with E-state index in [1.54, 1.807) is 19.9 Å². The van der Waals surface area contributed by atoms with E-state index in [1.165, 1.54) is 12.1 Å². The molecule has 3 nitrogen and oxygen atoms in total. The summed E-state index contributed by atoms with van der Waals surface area (Å²) in [6.07, 6.45) is -0.608. The van der Waals surface area contributed by atoms with E-state index in [-0.39, 0.29) is 18.0 Å². The van der Waals surface area contributed by atoms with Gasteiger partial charge in [-0.05, 0) is 37.6 Å². The van der Waals surface area contributed by atoms with Crippen molar-refractivity contribution in [2.75, 3.05) is 6.54 Å². The molecule has 0 spiro atoms. The Kier molecular flexibility index (Phi) is 3.80. The number of aliphatic hydroxyl groups is 1. The van der Waals surface area contributed by atoms with Gasteiger partial charge in [0.2, 0.25) is 0 Å². The highest BCUT2D eigenvalue weighted by Crippen LogP contribution is 2.08. The predicted molar refractivity (Wildman–Crippen MR) is 55.2 cm³/mol. The van der Waals surface area contributed by atoms with Gasteiger partial charge in [0, 0.05) is 12.1 Å². The third-order valence-electron chi connectivity index (χ3n) is 1.86. The van der Waals surface area contributed by atoms with Crippen LogP contribution in [0.2, 0.25) is 0 Å². The molecule has 2 N–H and O–H groups in total. The summed E-state index contributed by atoms with van der Waals surface area (Å²) in [6, 6.07) is 4.12. The van der Waals surface area contributed by atoms with Gasteiger partial charge in [0.15, 0.2) is 0 Å². The zero-order valence-corrected chi connectivity index (χ0v) is 8.75. The Morgan fingerprint density at radius 1 is 1.53 bits per heavy atom. The molecule has 1 aromatic rings. The van der Waals surface area contributed by atoms with Gasteiger partial charge >= 0.3 is 0 Å². The largest absolute Gasteiger partial charge is 0.392 e. The third kappa shape index (κ3) is 3.67. The van der Waals surface area contributed by atoms with Crippen LogP contribution < -0.4 is 5.32 Å². The fourth-order valence-corrected chi connectivity index (χ4v) is 1.21. The maximum atomic E-state index is 13.0. The van der Waals surface area contributed by atoms with E-state index in [9.17, 15) is 9.18 Å². The highest BCUT2D eigenvalue weighted by atomic mass is 19.1. The van der Waals surface area contributed by atoms with Gasteiger partial charge in [-0.25, -0.2) is 4.39 Å². The number of hydrogen-bond donors (Lipinski definition) is 2. The quantitative estimate of drug-likeness (QED) is 0.790. The molecule has 4 heteroatoms. The molecule has 0 fully saturated rings. The van der Waals surface area contributed by atoms with Crippen LogP contribution in [0.4, 0.5) is 4.39 Å². The minimum atomic E-state index is -0.608. The van der Waals surface area contributed by atoms with Crippen LogP contribution in [-0.4, -0.2) is 23.7 Å². The SMILES string of the molecule is Cc1cc(F)cc(C(=O)NCC(C)O)c1. The second kappa shape index (κ2) is 4.89.